The topological polar surface area (TPSA) is 136 Å². The van der Waals surface area contributed by atoms with Crippen LogP contribution in [0.4, 0.5) is 0 Å². The van der Waals surface area contributed by atoms with Crippen molar-refractivity contribution in [1.82, 2.24) is 10.9 Å². The monoisotopic (exact) mass is 522 g/mol. The molecule has 0 aromatic heterocycles. The summed E-state index contributed by atoms with van der Waals surface area (Å²) < 4.78 is 10.5. The Morgan fingerprint density at radius 3 is 1.30 bits per heavy atom. The predicted molar refractivity (Wildman–Crippen MR) is 143 cm³/mol. The highest BCUT2D eigenvalue weighted by atomic mass is 16.5. The van der Waals surface area contributed by atoms with E-state index in [1.54, 1.807) is 0 Å². The molecule has 0 saturated heterocycles. The molecule has 0 aromatic rings. The first-order chi connectivity index (χ1) is 17.9. The zero-order chi connectivity index (χ0) is 27.1. The number of ether oxygens (including phenoxy) is 2. The van der Waals surface area contributed by atoms with E-state index in [2.05, 4.69) is 21.1 Å². The summed E-state index contributed by atoms with van der Waals surface area (Å²) in [6.45, 7) is 4.57. The summed E-state index contributed by atoms with van der Waals surface area (Å²) in [6.07, 6.45) is 11.7. The highest BCUT2D eigenvalue weighted by Crippen LogP contribution is 2.08. The van der Waals surface area contributed by atoms with Crippen LogP contribution in [0.25, 0.3) is 0 Å². The van der Waals surface area contributed by atoms with Gasteiger partial charge in [-0.15, -0.1) is 0 Å². The van der Waals surface area contributed by atoms with Crippen LogP contribution >= 0.6 is 0 Å². The number of carbonyl (C=O) groups excluding carboxylic acids is 4. The number of nitrogens with one attached hydrogen (secondary N) is 2. The van der Waals surface area contributed by atoms with Crippen LogP contribution in [0.3, 0.4) is 0 Å². The minimum atomic E-state index is -0.220. The van der Waals surface area contributed by atoms with Crippen LogP contribution < -0.4 is 10.9 Å². The van der Waals surface area contributed by atoms with E-state index < -0.39 is 0 Å². The molecule has 0 saturated carbocycles. The highest BCUT2D eigenvalue weighted by Gasteiger charge is 2.07. The molecule has 0 aliphatic carbocycles. The fraction of sp³-hybridized carbons (Fsp3) is 0.778. The lowest BCUT2D eigenvalue weighted by Gasteiger charge is -2.06. The van der Waals surface area contributed by atoms with Crippen LogP contribution in [0.5, 0.6) is 0 Å². The van der Waals surface area contributed by atoms with Crippen LogP contribution in [0.1, 0.15) is 123 Å². The van der Waals surface area contributed by atoms with E-state index in [1.165, 1.54) is 0 Å². The number of cyclic esters (lactones) is 2. The van der Waals surface area contributed by atoms with Crippen molar-refractivity contribution in [3.05, 3.63) is 0 Å². The van der Waals surface area contributed by atoms with Gasteiger partial charge in [0.1, 0.15) is 0 Å². The summed E-state index contributed by atoms with van der Waals surface area (Å²) in [5, 5.41) is 8.25. The van der Waals surface area contributed by atoms with E-state index in [-0.39, 0.29) is 36.6 Å². The zero-order valence-electron chi connectivity index (χ0n) is 22.8. The van der Waals surface area contributed by atoms with Crippen LogP contribution in [-0.2, 0) is 28.7 Å². The molecule has 0 aromatic carbocycles. The van der Waals surface area contributed by atoms with E-state index in [0.717, 1.165) is 75.6 Å². The van der Waals surface area contributed by atoms with Gasteiger partial charge in [0.2, 0.25) is 11.8 Å². The van der Waals surface area contributed by atoms with Crippen LogP contribution in [0.2, 0.25) is 0 Å². The number of nitrogens with zero attached hydrogens (tertiary/aromatic N) is 2. The summed E-state index contributed by atoms with van der Waals surface area (Å²) in [4.78, 5) is 47.5. The summed E-state index contributed by atoms with van der Waals surface area (Å²) in [5.41, 5.74) is 6.80. The van der Waals surface area contributed by atoms with Crippen LogP contribution in [-0.4, -0.2) is 48.4 Å². The Balaban J connectivity index is 2.43. The Morgan fingerprint density at radius 1 is 0.486 bits per heavy atom. The summed E-state index contributed by atoms with van der Waals surface area (Å²) in [5.74, 6) is -0.858. The minimum absolute atomic E-state index is 0.209. The fourth-order valence-electron chi connectivity index (χ4n) is 3.68. The standard InChI is InChI=1S/C27H46N4O6/c1-22-14-7-3-5-11-20-36-26(34)18-9-10-19-27(35)37-21-12-6-4-8-15-23(2)29-31-25(33)17-13-16-24(32)30-28-22/h3-21H2,1-2H3,(H,30,32)(H,31,33). The smallest absolute Gasteiger partial charge is 0.305 e. The molecule has 0 unspecified atom stereocenters. The van der Waals surface area contributed by atoms with Crippen molar-refractivity contribution < 1.29 is 28.7 Å². The van der Waals surface area contributed by atoms with E-state index in [1.807, 2.05) is 13.8 Å². The average molecular weight is 523 g/mol. The van der Waals surface area contributed by atoms with Crippen molar-refractivity contribution in [3.8, 4) is 0 Å². The van der Waals surface area contributed by atoms with Crippen molar-refractivity contribution >= 4 is 35.2 Å². The van der Waals surface area contributed by atoms with Crippen molar-refractivity contribution in [2.24, 2.45) is 10.2 Å². The molecule has 1 aliphatic rings. The minimum Gasteiger partial charge on any atom is -0.466 e. The molecule has 2 amide bonds. The molecule has 10 heteroatoms. The van der Waals surface area contributed by atoms with Gasteiger partial charge in [-0.25, -0.2) is 10.9 Å². The first kappa shape index (κ1) is 32.2. The zero-order valence-corrected chi connectivity index (χ0v) is 22.8. The van der Waals surface area contributed by atoms with Gasteiger partial charge in [0.15, 0.2) is 0 Å². The first-order valence-corrected chi connectivity index (χ1v) is 13.8. The lowest BCUT2D eigenvalue weighted by atomic mass is 10.1. The summed E-state index contributed by atoms with van der Waals surface area (Å²) >= 11 is 0. The van der Waals surface area contributed by atoms with Gasteiger partial charge in [-0.2, -0.15) is 10.2 Å². The Kier molecular flexibility index (Phi) is 18.6. The van der Waals surface area contributed by atoms with Crippen molar-refractivity contribution in [1.29, 1.82) is 0 Å². The lowest BCUT2D eigenvalue weighted by molar-refractivity contribution is -0.146. The maximum absolute atomic E-state index is 12.0. The maximum Gasteiger partial charge on any atom is 0.305 e. The van der Waals surface area contributed by atoms with Gasteiger partial charge in [0, 0.05) is 37.1 Å². The van der Waals surface area contributed by atoms with Gasteiger partial charge in [-0.1, -0.05) is 25.7 Å². The largest absolute Gasteiger partial charge is 0.466 e. The fourth-order valence-corrected chi connectivity index (χ4v) is 3.68. The second kappa shape index (κ2) is 21.3. The molecule has 1 rings (SSSR count). The van der Waals surface area contributed by atoms with E-state index in [0.29, 0.717) is 45.3 Å². The van der Waals surface area contributed by atoms with Crippen molar-refractivity contribution in [2.45, 2.75) is 123 Å². The quantitative estimate of drug-likeness (QED) is 0.443. The number of hydrazone groups is 2. The molecule has 1 aliphatic heterocycles. The number of hydrogen-bond donors (Lipinski definition) is 2. The van der Waals surface area contributed by atoms with Crippen molar-refractivity contribution in [3.63, 3.8) is 0 Å². The number of carbonyl (C=O) groups is 4. The van der Waals surface area contributed by atoms with Gasteiger partial charge in [0.25, 0.3) is 0 Å². The molecule has 0 fully saturated rings. The normalized spacial score (nSPS) is 21.1. The van der Waals surface area contributed by atoms with E-state index in [4.69, 9.17) is 9.47 Å². The maximum atomic E-state index is 12.0. The van der Waals surface area contributed by atoms with Gasteiger partial charge in [0.05, 0.1) is 13.2 Å². The van der Waals surface area contributed by atoms with Gasteiger partial charge in [-0.05, 0) is 71.6 Å². The number of rotatable bonds is 0. The average Bonchev–Trinajstić information content (AvgIpc) is 2.87. The number of esters is 2. The molecule has 2 N–H and O–H groups in total. The predicted octanol–water partition coefficient (Wildman–Crippen LogP) is 4.70. The molecule has 37 heavy (non-hydrogen) atoms. The Bertz CT molecular complexity index is 704. The highest BCUT2D eigenvalue weighted by molar-refractivity contribution is 5.85. The molecule has 10 nitrogen and oxygen atoms in total. The lowest BCUT2D eigenvalue weighted by Crippen LogP contribution is -2.21. The van der Waals surface area contributed by atoms with Gasteiger partial charge in [-0.3, -0.25) is 19.2 Å². The third-order valence-corrected chi connectivity index (χ3v) is 5.95. The third kappa shape index (κ3) is 20.0. The molecule has 0 atom stereocenters. The molecule has 1 heterocycles. The summed E-state index contributed by atoms with van der Waals surface area (Å²) in [7, 11) is 0. The van der Waals surface area contributed by atoms with Gasteiger partial charge < -0.3 is 9.47 Å². The second-order valence-electron chi connectivity index (χ2n) is 9.59. The second-order valence-corrected chi connectivity index (χ2v) is 9.59. The molecule has 0 radical (unpaired) electrons. The number of amides is 2. The Hall–Kier alpha value is -2.78. The Morgan fingerprint density at radius 2 is 0.865 bits per heavy atom. The first-order valence-electron chi connectivity index (χ1n) is 13.8. The Labute approximate surface area is 221 Å². The SMILES string of the molecule is CC1=NNC(=O)CCCC(=O)NN=C(C)CCCCCCOC(=O)CCCCC(=O)OCCCCCC1. The number of hydrogen-bond acceptors (Lipinski definition) is 8. The molecular formula is C27H46N4O6. The van der Waals surface area contributed by atoms with E-state index in [9.17, 15) is 19.2 Å². The van der Waals surface area contributed by atoms with E-state index >= 15 is 0 Å². The molecule has 0 bridgehead atoms. The summed E-state index contributed by atoms with van der Waals surface area (Å²) in [6, 6.07) is 0. The van der Waals surface area contributed by atoms with Gasteiger partial charge >= 0.3 is 11.9 Å². The molecule has 0 spiro atoms. The van der Waals surface area contributed by atoms with Crippen molar-refractivity contribution in [2.75, 3.05) is 13.2 Å². The molecule has 210 valence electrons. The van der Waals surface area contributed by atoms with Crippen LogP contribution in [0.15, 0.2) is 10.2 Å². The van der Waals surface area contributed by atoms with Crippen LogP contribution in [0, 0.1) is 0 Å². The third-order valence-electron chi connectivity index (χ3n) is 5.95. The molecular weight excluding hydrogens is 476 g/mol.